The van der Waals surface area contributed by atoms with Gasteiger partial charge < -0.3 is 15.5 Å². The fourth-order valence-corrected chi connectivity index (χ4v) is 4.79. The molecule has 8 heteroatoms. The van der Waals surface area contributed by atoms with Crippen molar-refractivity contribution < 1.29 is 9.18 Å². The highest BCUT2D eigenvalue weighted by atomic mass is 127. The number of carbonyl (C=O) groups excluding carboxylic acids is 1. The van der Waals surface area contributed by atoms with Crippen LogP contribution in [0.2, 0.25) is 0 Å². The van der Waals surface area contributed by atoms with E-state index >= 15 is 0 Å². The maximum atomic E-state index is 13.1. The number of rotatable bonds is 7. The van der Waals surface area contributed by atoms with Crippen LogP contribution in [0.3, 0.4) is 0 Å². The van der Waals surface area contributed by atoms with Crippen LogP contribution < -0.4 is 10.6 Å². The third-order valence-corrected chi connectivity index (χ3v) is 6.55. The quantitative estimate of drug-likeness (QED) is 0.305. The minimum absolute atomic E-state index is 0. The molecule has 2 fully saturated rings. The molecular formula is C24H39FIN5O. The molecule has 0 atom stereocenters. The molecule has 1 amide bonds. The fourth-order valence-electron chi connectivity index (χ4n) is 4.79. The van der Waals surface area contributed by atoms with Gasteiger partial charge in [0.15, 0.2) is 5.96 Å². The van der Waals surface area contributed by atoms with E-state index in [1.54, 1.807) is 4.90 Å². The fraction of sp³-hybridized carbons (Fsp3) is 0.667. The van der Waals surface area contributed by atoms with Gasteiger partial charge in [-0.15, -0.1) is 24.0 Å². The molecule has 0 spiro atoms. The van der Waals surface area contributed by atoms with Crippen LogP contribution in [0.25, 0.3) is 0 Å². The lowest BCUT2D eigenvalue weighted by Gasteiger charge is -2.33. The second kappa shape index (κ2) is 12.7. The summed E-state index contributed by atoms with van der Waals surface area (Å²) >= 11 is 0. The number of aliphatic imine (C=N–C) groups is 1. The van der Waals surface area contributed by atoms with E-state index in [0.29, 0.717) is 12.6 Å². The van der Waals surface area contributed by atoms with Crippen molar-refractivity contribution in [2.45, 2.75) is 58.0 Å². The molecule has 1 heterocycles. The maximum Gasteiger partial charge on any atom is 0.230 e. The molecule has 0 radical (unpaired) electrons. The Balaban J connectivity index is 0.00000363. The molecule has 0 aromatic heterocycles. The summed E-state index contributed by atoms with van der Waals surface area (Å²) < 4.78 is 13.1. The highest BCUT2D eigenvalue weighted by Crippen LogP contribution is 2.39. The first-order valence-electron chi connectivity index (χ1n) is 11.7. The maximum absolute atomic E-state index is 13.1. The number of hydrogen-bond donors (Lipinski definition) is 2. The van der Waals surface area contributed by atoms with Crippen molar-refractivity contribution >= 4 is 35.8 Å². The third-order valence-electron chi connectivity index (χ3n) is 6.55. The normalized spacial score (nSPS) is 19.3. The van der Waals surface area contributed by atoms with Gasteiger partial charge in [-0.2, -0.15) is 0 Å². The second-order valence-corrected chi connectivity index (χ2v) is 9.20. The summed E-state index contributed by atoms with van der Waals surface area (Å²) in [4.78, 5) is 21.8. The predicted molar refractivity (Wildman–Crippen MR) is 139 cm³/mol. The SMILES string of the molecule is CCNC(=NCC1(C(=O)N(C)C)CCCC1)NC1CCN(Cc2ccc(F)cc2)CC1.I. The van der Waals surface area contributed by atoms with E-state index in [4.69, 9.17) is 4.99 Å². The number of nitrogens with zero attached hydrogens (tertiary/aromatic N) is 3. The minimum Gasteiger partial charge on any atom is -0.357 e. The monoisotopic (exact) mass is 559 g/mol. The Labute approximate surface area is 209 Å². The third kappa shape index (κ3) is 7.30. The number of carbonyl (C=O) groups is 1. The van der Waals surface area contributed by atoms with E-state index < -0.39 is 0 Å². The number of piperidine rings is 1. The van der Waals surface area contributed by atoms with Gasteiger partial charge >= 0.3 is 0 Å². The molecule has 0 unspecified atom stereocenters. The summed E-state index contributed by atoms with van der Waals surface area (Å²) in [7, 11) is 3.69. The molecule has 1 saturated carbocycles. The number of likely N-dealkylation sites (tertiary alicyclic amines) is 1. The number of nitrogens with one attached hydrogen (secondary N) is 2. The van der Waals surface area contributed by atoms with Gasteiger partial charge in [-0.3, -0.25) is 14.7 Å². The zero-order valence-electron chi connectivity index (χ0n) is 19.7. The van der Waals surface area contributed by atoms with Crippen LogP contribution in [0.15, 0.2) is 29.3 Å². The van der Waals surface area contributed by atoms with Gasteiger partial charge in [-0.25, -0.2) is 4.39 Å². The molecule has 3 rings (SSSR count). The van der Waals surface area contributed by atoms with Gasteiger partial charge in [-0.05, 0) is 50.3 Å². The molecule has 6 nitrogen and oxygen atoms in total. The minimum atomic E-state index is -0.343. The van der Waals surface area contributed by atoms with Crippen molar-refractivity contribution in [1.29, 1.82) is 0 Å². The molecule has 1 aliphatic heterocycles. The Morgan fingerprint density at radius 2 is 1.81 bits per heavy atom. The van der Waals surface area contributed by atoms with E-state index in [1.807, 2.05) is 26.2 Å². The van der Waals surface area contributed by atoms with Gasteiger partial charge in [0.05, 0.1) is 12.0 Å². The average Bonchev–Trinajstić information content (AvgIpc) is 3.24. The largest absolute Gasteiger partial charge is 0.357 e. The molecule has 2 aliphatic rings. The van der Waals surface area contributed by atoms with Crippen molar-refractivity contribution in [3.05, 3.63) is 35.6 Å². The molecule has 1 aliphatic carbocycles. The van der Waals surface area contributed by atoms with Crippen molar-refractivity contribution in [1.82, 2.24) is 20.4 Å². The van der Waals surface area contributed by atoms with Crippen LogP contribution in [-0.4, -0.2) is 68.0 Å². The van der Waals surface area contributed by atoms with E-state index in [0.717, 1.165) is 76.2 Å². The zero-order valence-corrected chi connectivity index (χ0v) is 22.0. The Hall–Kier alpha value is -1.42. The van der Waals surface area contributed by atoms with Crippen LogP contribution in [0.5, 0.6) is 0 Å². The van der Waals surface area contributed by atoms with Gasteiger partial charge in [-0.1, -0.05) is 25.0 Å². The Morgan fingerprint density at radius 3 is 2.38 bits per heavy atom. The second-order valence-electron chi connectivity index (χ2n) is 9.20. The first-order chi connectivity index (χ1) is 14.9. The number of amides is 1. The van der Waals surface area contributed by atoms with E-state index in [2.05, 4.69) is 22.5 Å². The Bertz CT molecular complexity index is 741. The highest BCUT2D eigenvalue weighted by Gasteiger charge is 2.42. The van der Waals surface area contributed by atoms with Crippen LogP contribution in [0, 0.1) is 11.2 Å². The van der Waals surface area contributed by atoms with Gasteiger partial charge in [0.2, 0.25) is 5.91 Å². The standard InChI is InChI=1S/C24H38FN5O.HI/c1-4-26-23(27-18-24(13-5-6-14-24)22(31)29(2)3)28-21-11-15-30(16-12-21)17-19-7-9-20(25)10-8-19;/h7-10,21H,4-6,11-18H2,1-3H3,(H2,26,27,28);1H. The molecular weight excluding hydrogens is 520 g/mol. The summed E-state index contributed by atoms with van der Waals surface area (Å²) in [6.45, 7) is 6.26. The lowest BCUT2D eigenvalue weighted by molar-refractivity contribution is -0.138. The van der Waals surface area contributed by atoms with Gasteiger partial charge in [0.25, 0.3) is 0 Å². The van der Waals surface area contributed by atoms with Crippen LogP contribution in [0.4, 0.5) is 4.39 Å². The van der Waals surface area contributed by atoms with Gasteiger partial charge in [0, 0.05) is 46.3 Å². The average molecular weight is 560 g/mol. The molecule has 2 N–H and O–H groups in total. The van der Waals surface area contributed by atoms with Crippen molar-refractivity contribution in [3.8, 4) is 0 Å². The first-order valence-corrected chi connectivity index (χ1v) is 11.7. The van der Waals surface area contributed by atoms with E-state index in [9.17, 15) is 9.18 Å². The summed E-state index contributed by atoms with van der Waals surface area (Å²) in [5, 5.41) is 6.96. The zero-order chi connectivity index (χ0) is 22.3. The Kier molecular flexibility index (Phi) is 10.7. The molecule has 1 aromatic carbocycles. The van der Waals surface area contributed by atoms with Crippen molar-refractivity contribution in [2.75, 3.05) is 40.3 Å². The van der Waals surface area contributed by atoms with Crippen molar-refractivity contribution in [2.24, 2.45) is 10.4 Å². The molecule has 0 bridgehead atoms. The first kappa shape index (κ1) is 26.8. The lowest BCUT2D eigenvalue weighted by Crippen LogP contribution is -2.49. The number of halogens is 2. The molecule has 32 heavy (non-hydrogen) atoms. The molecule has 180 valence electrons. The summed E-state index contributed by atoms with van der Waals surface area (Å²) in [6.07, 6.45) is 6.13. The predicted octanol–water partition coefficient (Wildman–Crippen LogP) is 3.61. The molecule has 1 saturated heterocycles. The number of hydrogen-bond acceptors (Lipinski definition) is 3. The van der Waals surface area contributed by atoms with Crippen LogP contribution in [-0.2, 0) is 11.3 Å². The van der Waals surface area contributed by atoms with E-state index in [1.165, 1.54) is 12.1 Å². The number of benzene rings is 1. The smallest absolute Gasteiger partial charge is 0.230 e. The molecule has 1 aromatic rings. The number of guanidine groups is 1. The van der Waals surface area contributed by atoms with Crippen LogP contribution in [0.1, 0.15) is 51.0 Å². The van der Waals surface area contributed by atoms with Crippen molar-refractivity contribution in [3.63, 3.8) is 0 Å². The topological polar surface area (TPSA) is 60.0 Å². The lowest BCUT2D eigenvalue weighted by atomic mass is 9.85. The summed E-state index contributed by atoms with van der Waals surface area (Å²) in [5.41, 5.74) is 0.805. The van der Waals surface area contributed by atoms with Crippen LogP contribution >= 0.6 is 24.0 Å². The summed E-state index contributed by atoms with van der Waals surface area (Å²) in [5.74, 6) is 0.838. The Morgan fingerprint density at radius 1 is 1.19 bits per heavy atom. The van der Waals surface area contributed by atoms with Gasteiger partial charge in [0.1, 0.15) is 5.82 Å². The highest BCUT2D eigenvalue weighted by molar-refractivity contribution is 14.0. The van der Waals surface area contributed by atoms with E-state index in [-0.39, 0.29) is 41.1 Å². The summed E-state index contributed by atoms with van der Waals surface area (Å²) in [6, 6.07) is 7.15.